The van der Waals surface area contributed by atoms with E-state index in [1.807, 2.05) is 0 Å². The van der Waals surface area contributed by atoms with Gasteiger partial charge in [0.25, 0.3) is 10.0 Å². The van der Waals surface area contributed by atoms with Gasteiger partial charge in [0.1, 0.15) is 7.11 Å². The van der Waals surface area contributed by atoms with Gasteiger partial charge in [0.2, 0.25) is 0 Å². The van der Waals surface area contributed by atoms with Crippen LogP contribution in [0.1, 0.15) is 5.56 Å². The van der Waals surface area contributed by atoms with Crippen LogP contribution in [0.5, 0.6) is 0 Å². The molecule has 0 saturated carbocycles. The van der Waals surface area contributed by atoms with Crippen LogP contribution >= 0.6 is 11.6 Å². The normalized spacial score (nSPS) is 12.6. The van der Waals surface area contributed by atoms with Crippen molar-refractivity contribution in [3.8, 4) is 0 Å². The predicted octanol–water partition coefficient (Wildman–Crippen LogP) is 0.276. The molecule has 0 amide bonds. The molecular formula is C7H8ClN3O3S. The number of hydrogen-bond acceptors (Lipinski definition) is 5. The molecule has 0 radical (unpaired) electrons. The van der Waals surface area contributed by atoms with Gasteiger partial charge >= 0.3 is 0 Å². The lowest BCUT2D eigenvalue weighted by atomic mass is 10.3. The molecule has 2 N–H and O–H groups in total. The van der Waals surface area contributed by atoms with Crippen LogP contribution in [0.2, 0.25) is 0 Å². The number of hydrogen-bond donors (Lipinski definition) is 1. The number of sulfonamides is 1. The summed E-state index contributed by atoms with van der Waals surface area (Å²) in [5.41, 5.74) is 0.100. The van der Waals surface area contributed by atoms with Crippen molar-refractivity contribution < 1.29 is 13.3 Å². The lowest BCUT2D eigenvalue weighted by Gasteiger charge is -2.03. The van der Waals surface area contributed by atoms with E-state index in [-0.39, 0.29) is 15.8 Å². The van der Waals surface area contributed by atoms with Crippen LogP contribution in [0, 0.1) is 0 Å². The molecule has 82 valence electrons. The SMILES string of the molecule is CO/N=C(\Cl)c1cccnc1S(N)(=O)=O. The molecule has 1 aromatic rings. The van der Waals surface area contributed by atoms with E-state index in [4.69, 9.17) is 16.7 Å². The monoisotopic (exact) mass is 249 g/mol. The van der Waals surface area contributed by atoms with Crippen molar-refractivity contribution in [2.45, 2.75) is 5.03 Å². The quantitative estimate of drug-likeness (QED) is 0.615. The van der Waals surface area contributed by atoms with Gasteiger partial charge in [0.15, 0.2) is 10.2 Å². The highest BCUT2D eigenvalue weighted by Gasteiger charge is 2.18. The molecule has 1 rings (SSSR count). The molecule has 0 aliphatic rings. The van der Waals surface area contributed by atoms with Crippen LogP contribution in [0.25, 0.3) is 0 Å². The van der Waals surface area contributed by atoms with Crippen LogP contribution in [0.3, 0.4) is 0 Å². The van der Waals surface area contributed by atoms with Crippen LogP contribution < -0.4 is 5.14 Å². The van der Waals surface area contributed by atoms with Crippen LogP contribution in [-0.4, -0.2) is 25.7 Å². The number of pyridine rings is 1. The van der Waals surface area contributed by atoms with Gasteiger partial charge < -0.3 is 4.84 Å². The summed E-state index contributed by atoms with van der Waals surface area (Å²) < 4.78 is 22.2. The highest BCUT2D eigenvalue weighted by molar-refractivity contribution is 7.89. The second-order valence-corrected chi connectivity index (χ2v) is 4.30. The van der Waals surface area contributed by atoms with Crippen molar-refractivity contribution in [2.75, 3.05) is 7.11 Å². The fraction of sp³-hybridized carbons (Fsp3) is 0.143. The number of nitrogens with two attached hydrogens (primary N) is 1. The van der Waals surface area contributed by atoms with Crippen LogP contribution in [0.15, 0.2) is 28.5 Å². The molecule has 0 unspecified atom stereocenters. The summed E-state index contributed by atoms with van der Waals surface area (Å²) in [5.74, 6) is 0. The average molecular weight is 250 g/mol. The van der Waals surface area contributed by atoms with Gasteiger partial charge in [-0.3, -0.25) is 0 Å². The molecule has 0 fully saturated rings. The lowest BCUT2D eigenvalue weighted by Crippen LogP contribution is -2.17. The Kier molecular flexibility index (Phi) is 3.61. The molecule has 0 bridgehead atoms. The summed E-state index contributed by atoms with van der Waals surface area (Å²) in [6.45, 7) is 0. The topological polar surface area (TPSA) is 94.6 Å². The smallest absolute Gasteiger partial charge is 0.256 e. The Morgan fingerprint density at radius 1 is 1.67 bits per heavy atom. The lowest BCUT2D eigenvalue weighted by molar-refractivity contribution is 0.214. The summed E-state index contributed by atoms with van der Waals surface area (Å²) in [5, 5.41) is 7.87. The molecule has 0 atom stereocenters. The minimum Gasteiger partial charge on any atom is -0.398 e. The Hall–Kier alpha value is -1.18. The van der Waals surface area contributed by atoms with E-state index >= 15 is 0 Å². The molecule has 0 aliphatic heterocycles. The van der Waals surface area contributed by atoms with Gasteiger partial charge in [-0.2, -0.15) is 0 Å². The molecule has 0 saturated heterocycles. The molecule has 15 heavy (non-hydrogen) atoms. The van der Waals surface area contributed by atoms with Crippen molar-refractivity contribution in [3.63, 3.8) is 0 Å². The largest absolute Gasteiger partial charge is 0.398 e. The third-order valence-electron chi connectivity index (χ3n) is 1.43. The molecular weight excluding hydrogens is 242 g/mol. The summed E-state index contributed by atoms with van der Waals surface area (Å²) in [6.07, 6.45) is 1.29. The Bertz CT molecular complexity index is 486. The second-order valence-electron chi connectivity index (χ2n) is 2.47. The highest BCUT2D eigenvalue weighted by Crippen LogP contribution is 2.13. The fourth-order valence-corrected chi connectivity index (χ4v) is 1.86. The van der Waals surface area contributed by atoms with Gasteiger partial charge in [0.05, 0.1) is 5.56 Å². The van der Waals surface area contributed by atoms with Crippen LogP contribution in [0.4, 0.5) is 0 Å². The molecule has 0 spiro atoms. The van der Waals surface area contributed by atoms with E-state index in [2.05, 4.69) is 15.0 Å². The van der Waals surface area contributed by atoms with E-state index in [0.717, 1.165) is 0 Å². The molecule has 0 aliphatic carbocycles. The molecule has 6 nitrogen and oxygen atoms in total. The van der Waals surface area contributed by atoms with Gasteiger partial charge in [-0.25, -0.2) is 18.5 Å². The van der Waals surface area contributed by atoms with E-state index in [1.54, 1.807) is 0 Å². The number of halogens is 1. The summed E-state index contributed by atoms with van der Waals surface area (Å²) >= 11 is 5.68. The molecule has 1 heterocycles. The molecule has 0 aromatic carbocycles. The van der Waals surface area contributed by atoms with Gasteiger partial charge in [-0.1, -0.05) is 16.8 Å². The maximum Gasteiger partial charge on any atom is 0.256 e. The minimum absolute atomic E-state index is 0.100. The first kappa shape index (κ1) is 11.9. The number of rotatable bonds is 3. The van der Waals surface area contributed by atoms with E-state index in [0.29, 0.717) is 0 Å². The average Bonchev–Trinajstić information content (AvgIpc) is 2.17. The third kappa shape index (κ3) is 2.88. The molecule has 1 aromatic heterocycles. The van der Waals surface area contributed by atoms with E-state index in [1.165, 1.54) is 25.4 Å². The number of nitrogens with zero attached hydrogens (tertiary/aromatic N) is 2. The van der Waals surface area contributed by atoms with Crippen molar-refractivity contribution >= 4 is 26.8 Å². The Labute approximate surface area is 91.7 Å². The number of oxime groups is 1. The Morgan fingerprint density at radius 2 is 2.33 bits per heavy atom. The zero-order valence-electron chi connectivity index (χ0n) is 7.71. The zero-order chi connectivity index (χ0) is 11.5. The van der Waals surface area contributed by atoms with Crippen molar-refractivity contribution in [3.05, 3.63) is 23.9 Å². The molecule has 8 heteroatoms. The summed E-state index contributed by atoms with van der Waals surface area (Å²) in [4.78, 5) is 8.04. The van der Waals surface area contributed by atoms with Gasteiger partial charge in [-0.15, -0.1) is 0 Å². The Balaban J connectivity index is 3.37. The van der Waals surface area contributed by atoms with Crippen molar-refractivity contribution in [1.29, 1.82) is 0 Å². The van der Waals surface area contributed by atoms with E-state index < -0.39 is 10.0 Å². The third-order valence-corrected chi connectivity index (χ3v) is 2.57. The standard InChI is InChI=1S/C7H8ClN3O3S/c1-14-11-6(8)5-3-2-4-10-7(5)15(9,12)13/h2-4H,1H3,(H2,9,12,13)/b11-6-. The van der Waals surface area contributed by atoms with Crippen molar-refractivity contribution in [1.82, 2.24) is 4.98 Å². The first-order chi connectivity index (χ1) is 6.96. The number of primary sulfonamides is 1. The predicted molar refractivity (Wildman–Crippen MR) is 55.0 cm³/mol. The maximum atomic E-state index is 11.1. The van der Waals surface area contributed by atoms with Crippen LogP contribution in [-0.2, 0) is 14.9 Å². The minimum atomic E-state index is -3.93. The Morgan fingerprint density at radius 3 is 2.87 bits per heavy atom. The van der Waals surface area contributed by atoms with E-state index in [9.17, 15) is 8.42 Å². The highest BCUT2D eigenvalue weighted by atomic mass is 35.5. The van der Waals surface area contributed by atoms with Crippen molar-refractivity contribution in [2.24, 2.45) is 10.3 Å². The summed E-state index contributed by atoms with van der Waals surface area (Å²) in [7, 11) is -2.64. The number of aromatic nitrogens is 1. The fourth-order valence-electron chi connectivity index (χ4n) is 0.904. The maximum absolute atomic E-state index is 11.1. The van der Waals surface area contributed by atoms with Gasteiger partial charge in [-0.05, 0) is 12.1 Å². The first-order valence-electron chi connectivity index (χ1n) is 3.71. The second kappa shape index (κ2) is 4.56. The first-order valence-corrected chi connectivity index (χ1v) is 5.64. The summed E-state index contributed by atoms with van der Waals surface area (Å²) in [6, 6.07) is 2.94. The van der Waals surface area contributed by atoms with Gasteiger partial charge in [0, 0.05) is 6.20 Å². The zero-order valence-corrected chi connectivity index (χ0v) is 9.29.